The van der Waals surface area contributed by atoms with Gasteiger partial charge in [-0.1, -0.05) is 6.07 Å². The van der Waals surface area contributed by atoms with Crippen molar-refractivity contribution in [2.75, 3.05) is 4.72 Å². The summed E-state index contributed by atoms with van der Waals surface area (Å²) in [7, 11) is -3.90. The van der Waals surface area contributed by atoms with Gasteiger partial charge in [-0.2, -0.15) is 5.26 Å². The third-order valence-electron chi connectivity index (χ3n) is 3.02. The van der Waals surface area contributed by atoms with Crippen LogP contribution in [0.1, 0.15) is 21.5 Å². The van der Waals surface area contributed by atoms with Crippen molar-refractivity contribution in [3.8, 4) is 6.07 Å². The third kappa shape index (κ3) is 3.24. The average Bonchev–Trinajstić information content (AvgIpc) is 2.47. The van der Waals surface area contributed by atoms with E-state index in [0.29, 0.717) is 11.1 Å². The number of carbonyl (C=O) groups is 1. The Morgan fingerprint density at radius 1 is 1.18 bits per heavy atom. The molecule has 0 aliphatic carbocycles. The number of carboxylic acid groups (broad SMARTS) is 1. The van der Waals surface area contributed by atoms with E-state index in [9.17, 15) is 13.2 Å². The van der Waals surface area contributed by atoms with Gasteiger partial charge in [0.25, 0.3) is 10.0 Å². The molecule has 2 rings (SSSR count). The van der Waals surface area contributed by atoms with Crippen LogP contribution in [0.4, 0.5) is 5.69 Å². The Morgan fingerprint density at radius 3 is 2.36 bits per heavy atom. The van der Waals surface area contributed by atoms with Crippen molar-refractivity contribution in [1.82, 2.24) is 0 Å². The summed E-state index contributed by atoms with van der Waals surface area (Å²) in [6.45, 7) is 1.59. The van der Waals surface area contributed by atoms with Crippen LogP contribution in [0, 0.1) is 18.3 Å². The average molecular weight is 316 g/mol. The van der Waals surface area contributed by atoms with Crippen LogP contribution < -0.4 is 4.72 Å². The van der Waals surface area contributed by atoms with Gasteiger partial charge in [0.2, 0.25) is 0 Å². The molecule has 0 atom stereocenters. The van der Waals surface area contributed by atoms with Crippen molar-refractivity contribution in [1.29, 1.82) is 5.26 Å². The normalized spacial score (nSPS) is 10.7. The first kappa shape index (κ1) is 15.5. The summed E-state index contributed by atoms with van der Waals surface area (Å²) in [6.07, 6.45) is 0. The lowest BCUT2D eigenvalue weighted by Crippen LogP contribution is -2.14. The summed E-state index contributed by atoms with van der Waals surface area (Å²) in [6, 6.07) is 11.7. The molecule has 0 heterocycles. The van der Waals surface area contributed by atoms with Crippen LogP contribution in [0.25, 0.3) is 0 Å². The van der Waals surface area contributed by atoms with Gasteiger partial charge in [0, 0.05) is 5.69 Å². The molecular formula is C15H12N2O4S. The number of carboxylic acids is 1. The maximum atomic E-state index is 12.3. The number of rotatable bonds is 4. The van der Waals surface area contributed by atoms with Gasteiger partial charge in [0.05, 0.1) is 22.1 Å². The van der Waals surface area contributed by atoms with Gasteiger partial charge in [-0.25, -0.2) is 13.2 Å². The van der Waals surface area contributed by atoms with Crippen LogP contribution in [-0.4, -0.2) is 19.5 Å². The molecule has 0 radical (unpaired) electrons. The molecule has 2 aromatic rings. The van der Waals surface area contributed by atoms with Gasteiger partial charge in [-0.05, 0) is 48.9 Å². The van der Waals surface area contributed by atoms with Crippen LogP contribution in [-0.2, 0) is 10.0 Å². The fourth-order valence-electron chi connectivity index (χ4n) is 1.83. The van der Waals surface area contributed by atoms with E-state index in [1.54, 1.807) is 6.92 Å². The van der Waals surface area contributed by atoms with E-state index < -0.39 is 16.0 Å². The summed E-state index contributed by atoms with van der Waals surface area (Å²) in [5.74, 6) is -1.19. The smallest absolute Gasteiger partial charge is 0.335 e. The monoisotopic (exact) mass is 316 g/mol. The molecule has 0 bridgehead atoms. The highest BCUT2D eigenvalue weighted by Gasteiger charge is 2.17. The van der Waals surface area contributed by atoms with Gasteiger partial charge in [0.1, 0.15) is 0 Å². The van der Waals surface area contributed by atoms with E-state index in [1.807, 2.05) is 6.07 Å². The largest absolute Gasteiger partial charge is 0.478 e. The minimum Gasteiger partial charge on any atom is -0.478 e. The zero-order valence-electron chi connectivity index (χ0n) is 11.6. The van der Waals surface area contributed by atoms with Gasteiger partial charge >= 0.3 is 5.97 Å². The maximum absolute atomic E-state index is 12.3. The van der Waals surface area contributed by atoms with Crippen molar-refractivity contribution < 1.29 is 18.3 Å². The molecule has 0 saturated heterocycles. The van der Waals surface area contributed by atoms with Gasteiger partial charge in [0.15, 0.2) is 0 Å². The van der Waals surface area contributed by atoms with Crippen molar-refractivity contribution >= 4 is 21.7 Å². The molecule has 7 heteroatoms. The lowest BCUT2D eigenvalue weighted by Gasteiger charge is -2.09. The first-order valence-electron chi connectivity index (χ1n) is 6.20. The summed E-state index contributed by atoms with van der Waals surface area (Å²) < 4.78 is 26.9. The first-order chi connectivity index (χ1) is 10.3. The highest BCUT2D eigenvalue weighted by Crippen LogP contribution is 2.19. The van der Waals surface area contributed by atoms with E-state index in [2.05, 4.69) is 4.72 Å². The molecule has 112 valence electrons. The number of benzene rings is 2. The van der Waals surface area contributed by atoms with Crippen molar-refractivity contribution in [3.05, 3.63) is 59.2 Å². The molecule has 6 nitrogen and oxygen atoms in total. The lowest BCUT2D eigenvalue weighted by atomic mass is 10.1. The minimum atomic E-state index is -3.90. The van der Waals surface area contributed by atoms with E-state index in [1.165, 1.54) is 36.4 Å². The van der Waals surface area contributed by atoms with Gasteiger partial charge < -0.3 is 5.11 Å². The maximum Gasteiger partial charge on any atom is 0.335 e. The number of sulfonamides is 1. The van der Waals surface area contributed by atoms with Crippen LogP contribution >= 0.6 is 0 Å². The summed E-state index contributed by atoms with van der Waals surface area (Å²) >= 11 is 0. The molecule has 2 N–H and O–H groups in total. The first-order valence-corrected chi connectivity index (χ1v) is 7.69. The second-order valence-corrected chi connectivity index (χ2v) is 6.26. The van der Waals surface area contributed by atoms with Crippen LogP contribution in [0.3, 0.4) is 0 Å². The highest BCUT2D eigenvalue weighted by atomic mass is 32.2. The fraction of sp³-hybridized carbons (Fsp3) is 0.0667. The van der Waals surface area contributed by atoms with Crippen molar-refractivity contribution in [2.24, 2.45) is 0 Å². The summed E-state index contributed by atoms with van der Waals surface area (Å²) in [4.78, 5) is 10.9. The van der Waals surface area contributed by atoms with Crippen LogP contribution in [0.5, 0.6) is 0 Å². The number of hydrogen-bond acceptors (Lipinski definition) is 4. The van der Waals surface area contributed by atoms with Crippen LogP contribution in [0.15, 0.2) is 47.4 Å². The Morgan fingerprint density at radius 2 is 1.82 bits per heavy atom. The number of nitriles is 1. The van der Waals surface area contributed by atoms with E-state index in [-0.39, 0.29) is 16.1 Å². The topological polar surface area (TPSA) is 107 Å². The molecule has 0 aliphatic heterocycles. The molecule has 0 spiro atoms. The zero-order valence-corrected chi connectivity index (χ0v) is 12.4. The van der Waals surface area contributed by atoms with E-state index in [4.69, 9.17) is 10.4 Å². The molecule has 0 aromatic heterocycles. The Hall–Kier alpha value is -2.85. The zero-order chi connectivity index (χ0) is 16.3. The molecule has 22 heavy (non-hydrogen) atoms. The fourth-order valence-corrected chi connectivity index (χ4v) is 2.91. The van der Waals surface area contributed by atoms with Crippen molar-refractivity contribution in [3.63, 3.8) is 0 Å². The Balaban J connectivity index is 2.36. The van der Waals surface area contributed by atoms with Crippen LogP contribution in [0.2, 0.25) is 0 Å². The highest BCUT2D eigenvalue weighted by molar-refractivity contribution is 7.92. The molecule has 0 fully saturated rings. The Labute approximate surface area is 127 Å². The summed E-state index contributed by atoms with van der Waals surface area (Å²) in [5.41, 5.74) is 1.11. The Bertz CT molecular complexity index is 865. The predicted molar refractivity (Wildman–Crippen MR) is 80.1 cm³/mol. The molecular weight excluding hydrogens is 304 g/mol. The quantitative estimate of drug-likeness (QED) is 0.900. The number of anilines is 1. The van der Waals surface area contributed by atoms with Crippen molar-refractivity contribution in [2.45, 2.75) is 11.8 Å². The third-order valence-corrected chi connectivity index (χ3v) is 4.39. The van der Waals surface area contributed by atoms with Gasteiger partial charge in [-0.3, -0.25) is 4.72 Å². The van der Waals surface area contributed by atoms with Gasteiger partial charge in [-0.15, -0.1) is 0 Å². The second kappa shape index (κ2) is 5.87. The number of aromatic carboxylic acids is 1. The number of aryl methyl sites for hydroxylation is 1. The molecule has 0 amide bonds. The minimum absolute atomic E-state index is 0.0669. The molecule has 0 saturated carbocycles. The molecule has 0 unspecified atom stereocenters. The SMILES string of the molecule is Cc1ccc(S(=O)(=O)Nc2ccc(C#N)cc2)cc1C(=O)O. The lowest BCUT2D eigenvalue weighted by molar-refractivity contribution is 0.0696. The second-order valence-electron chi connectivity index (χ2n) is 4.58. The van der Waals surface area contributed by atoms with E-state index >= 15 is 0 Å². The number of nitrogens with one attached hydrogen (secondary N) is 1. The summed E-state index contributed by atoms with van der Waals surface area (Å²) in [5, 5.41) is 17.8. The Kier molecular flexibility index (Phi) is 4.15. The standard InChI is InChI=1S/C15H12N2O4S/c1-10-2-7-13(8-14(10)15(18)19)22(20,21)17-12-5-3-11(9-16)4-6-12/h2-8,17H,1H3,(H,18,19). The predicted octanol–water partition coefficient (Wildman–Crippen LogP) is 2.37. The number of hydrogen-bond donors (Lipinski definition) is 2. The molecule has 0 aliphatic rings. The molecule has 2 aromatic carbocycles. The van der Waals surface area contributed by atoms with E-state index in [0.717, 1.165) is 6.07 Å². The number of nitrogens with zero attached hydrogens (tertiary/aromatic N) is 1.